The fourth-order valence-electron chi connectivity index (χ4n) is 4.42. The third-order valence-corrected chi connectivity index (χ3v) is 6.27. The van der Waals surface area contributed by atoms with Crippen LogP contribution in [0.1, 0.15) is 28.8 Å². The third-order valence-electron chi connectivity index (χ3n) is 6.27. The SMILES string of the molecule is Cc1cnccc1-c1ccc(C(=O)N2CCN(C3CCN(C)CC3)CC2)cc1. The lowest BCUT2D eigenvalue weighted by Crippen LogP contribution is -2.54. The third kappa shape index (κ3) is 4.10. The zero-order valence-corrected chi connectivity index (χ0v) is 17.0. The summed E-state index contributed by atoms with van der Waals surface area (Å²) in [4.78, 5) is 24.1. The predicted molar refractivity (Wildman–Crippen MR) is 112 cm³/mol. The van der Waals surface area contributed by atoms with Crippen molar-refractivity contribution in [3.63, 3.8) is 0 Å². The minimum absolute atomic E-state index is 0.154. The summed E-state index contributed by atoms with van der Waals surface area (Å²) in [5, 5.41) is 0. The lowest BCUT2D eigenvalue weighted by molar-refractivity contribution is 0.0475. The number of piperidine rings is 1. The van der Waals surface area contributed by atoms with Crippen molar-refractivity contribution >= 4 is 5.91 Å². The number of amides is 1. The van der Waals surface area contributed by atoms with Crippen molar-refractivity contribution in [3.8, 4) is 11.1 Å². The highest BCUT2D eigenvalue weighted by Gasteiger charge is 2.28. The first-order valence-corrected chi connectivity index (χ1v) is 10.3. The van der Waals surface area contributed by atoms with E-state index in [9.17, 15) is 4.79 Å². The van der Waals surface area contributed by atoms with Gasteiger partial charge in [-0.15, -0.1) is 0 Å². The first kappa shape index (κ1) is 19.1. The zero-order chi connectivity index (χ0) is 19.5. The maximum Gasteiger partial charge on any atom is 0.253 e. The van der Waals surface area contributed by atoms with Gasteiger partial charge in [-0.3, -0.25) is 14.7 Å². The second-order valence-corrected chi connectivity index (χ2v) is 8.13. The van der Waals surface area contributed by atoms with Gasteiger partial charge >= 0.3 is 0 Å². The number of pyridine rings is 1. The predicted octanol–water partition coefficient (Wildman–Crippen LogP) is 2.91. The Morgan fingerprint density at radius 2 is 1.64 bits per heavy atom. The minimum Gasteiger partial charge on any atom is -0.336 e. The molecule has 2 aliphatic rings. The number of benzene rings is 1. The number of carbonyl (C=O) groups is 1. The van der Waals surface area contributed by atoms with Gasteiger partial charge in [0.1, 0.15) is 0 Å². The van der Waals surface area contributed by atoms with E-state index in [2.05, 4.69) is 28.8 Å². The number of nitrogens with zero attached hydrogens (tertiary/aromatic N) is 4. The Morgan fingerprint density at radius 1 is 0.964 bits per heavy atom. The molecule has 3 heterocycles. The van der Waals surface area contributed by atoms with Crippen LogP contribution in [0.2, 0.25) is 0 Å². The van der Waals surface area contributed by atoms with Gasteiger partial charge in [0.05, 0.1) is 0 Å². The summed E-state index contributed by atoms with van der Waals surface area (Å²) in [6.07, 6.45) is 6.18. The smallest absolute Gasteiger partial charge is 0.253 e. The molecule has 1 aromatic heterocycles. The molecule has 148 valence electrons. The molecule has 2 aromatic rings. The molecule has 0 spiro atoms. The molecule has 0 bridgehead atoms. The molecule has 0 aliphatic carbocycles. The van der Waals surface area contributed by atoms with E-state index in [1.54, 1.807) is 0 Å². The van der Waals surface area contributed by atoms with Crippen molar-refractivity contribution < 1.29 is 4.79 Å². The normalized spacial score (nSPS) is 19.7. The quantitative estimate of drug-likeness (QED) is 0.823. The van der Waals surface area contributed by atoms with Crippen LogP contribution in [0.3, 0.4) is 0 Å². The fraction of sp³-hybridized carbons (Fsp3) is 0.478. The maximum absolute atomic E-state index is 12.9. The molecular weight excluding hydrogens is 348 g/mol. The molecule has 0 atom stereocenters. The van der Waals surface area contributed by atoms with E-state index < -0.39 is 0 Å². The van der Waals surface area contributed by atoms with Gasteiger partial charge in [0.25, 0.3) is 5.91 Å². The number of likely N-dealkylation sites (tertiary alicyclic amines) is 1. The van der Waals surface area contributed by atoms with Crippen molar-refractivity contribution in [2.75, 3.05) is 46.3 Å². The van der Waals surface area contributed by atoms with Crippen molar-refractivity contribution in [2.24, 2.45) is 0 Å². The Labute approximate surface area is 168 Å². The van der Waals surface area contributed by atoms with E-state index in [0.717, 1.165) is 42.9 Å². The van der Waals surface area contributed by atoms with E-state index in [1.165, 1.54) is 31.5 Å². The molecule has 5 heteroatoms. The standard InChI is InChI=1S/C23H30N4O/c1-18-17-24-10-7-22(18)19-3-5-20(6-4-19)23(28)27-15-13-26(14-16-27)21-8-11-25(2)12-9-21/h3-7,10,17,21H,8-9,11-16H2,1-2H3. The number of aryl methyl sites for hydroxylation is 1. The van der Waals surface area contributed by atoms with Crippen molar-refractivity contribution in [2.45, 2.75) is 25.8 Å². The molecule has 1 amide bonds. The summed E-state index contributed by atoms with van der Waals surface area (Å²) >= 11 is 0. The summed E-state index contributed by atoms with van der Waals surface area (Å²) in [6.45, 7) is 8.08. The molecule has 28 heavy (non-hydrogen) atoms. The van der Waals surface area contributed by atoms with Crippen LogP contribution in [0.15, 0.2) is 42.7 Å². The van der Waals surface area contributed by atoms with Crippen LogP contribution in [-0.2, 0) is 0 Å². The molecule has 0 unspecified atom stereocenters. The Bertz CT molecular complexity index is 804. The number of aromatic nitrogens is 1. The van der Waals surface area contributed by atoms with E-state index in [4.69, 9.17) is 0 Å². The second kappa shape index (κ2) is 8.41. The lowest BCUT2D eigenvalue weighted by atomic mass is 10.0. The van der Waals surface area contributed by atoms with Crippen molar-refractivity contribution in [3.05, 3.63) is 53.9 Å². The number of hydrogen-bond acceptors (Lipinski definition) is 4. The Morgan fingerprint density at radius 3 is 2.29 bits per heavy atom. The first-order valence-electron chi connectivity index (χ1n) is 10.3. The minimum atomic E-state index is 0.154. The number of hydrogen-bond donors (Lipinski definition) is 0. The average molecular weight is 379 g/mol. The van der Waals surface area contributed by atoms with E-state index in [1.807, 2.05) is 47.6 Å². The van der Waals surface area contributed by atoms with Gasteiger partial charge < -0.3 is 9.80 Å². The topological polar surface area (TPSA) is 39.7 Å². The molecule has 1 aromatic carbocycles. The van der Waals surface area contributed by atoms with Crippen LogP contribution in [0.5, 0.6) is 0 Å². The largest absolute Gasteiger partial charge is 0.336 e. The molecular formula is C23H30N4O. The van der Waals surface area contributed by atoms with Crippen LogP contribution in [0.25, 0.3) is 11.1 Å². The zero-order valence-electron chi connectivity index (χ0n) is 17.0. The Hall–Kier alpha value is -2.24. The Balaban J connectivity index is 1.36. The summed E-state index contributed by atoms with van der Waals surface area (Å²) < 4.78 is 0. The van der Waals surface area contributed by atoms with Crippen molar-refractivity contribution in [1.82, 2.24) is 19.7 Å². The van der Waals surface area contributed by atoms with E-state index in [0.29, 0.717) is 6.04 Å². The van der Waals surface area contributed by atoms with Crippen molar-refractivity contribution in [1.29, 1.82) is 0 Å². The maximum atomic E-state index is 12.9. The summed E-state index contributed by atoms with van der Waals surface area (Å²) in [5.74, 6) is 0.154. The molecule has 2 aliphatic heterocycles. The van der Waals surface area contributed by atoms with E-state index in [-0.39, 0.29) is 5.91 Å². The van der Waals surface area contributed by atoms with E-state index >= 15 is 0 Å². The van der Waals surface area contributed by atoms with Crippen LogP contribution >= 0.6 is 0 Å². The lowest BCUT2D eigenvalue weighted by Gasteiger charge is -2.42. The molecule has 0 radical (unpaired) electrons. The van der Waals surface area contributed by atoms with Gasteiger partial charge in [-0.25, -0.2) is 0 Å². The van der Waals surface area contributed by atoms with Gasteiger partial charge in [0, 0.05) is 50.2 Å². The van der Waals surface area contributed by atoms with Gasteiger partial charge in [-0.2, -0.15) is 0 Å². The van der Waals surface area contributed by atoms with Crippen LogP contribution < -0.4 is 0 Å². The van der Waals surface area contributed by atoms with Crippen LogP contribution in [0, 0.1) is 6.92 Å². The molecule has 2 saturated heterocycles. The molecule has 0 N–H and O–H groups in total. The summed E-state index contributed by atoms with van der Waals surface area (Å²) in [5.41, 5.74) is 4.22. The molecule has 5 nitrogen and oxygen atoms in total. The van der Waals surface area contributed by atoms with Gasteiger partial charge in [0.2, 0.25) is 0 Å². The van der Waals surface area contributed by atoms with Crippen LogP contribution in [0.4, 0.5) is 0 Å². The highest BCUT2D eigenvalue weighted by molar-refractivity contribution is 5.94. The van der Waals surface area contributed by atoms with Gasteiger partial charge in [-0.1, -0.05) is 12.1 Å². The van der Waals surface area contributed by atoms with Gasteiger partial charge in [-0.05, 0) is 74.8 Å². The van der Waals surface area contributed by atoms with Gasteiger partial charge in [0.15, 0.2) is 0 Å². The highest BCUT2D eigenvalue weighted by Crippen LogP contribution is 2.23. The summed E-state index contributed by atoms with van der Waals surface area (Å²) in [6, 6.07) is 10.7. The van der Waals surface area contributed by atoms with Crippen LogP contribution in [-0.4, -0.2) is 77.9 Å². The average Bonchev–Trinajstić information content (AvgIpc) is 2.74. The number of piperazine rings is 1. The highest BCUT2D eigenvalue weighted by atomic mass is 16.2. The second-order valence-electron chi connectivity index (χ2n) is 8.13. The monoisotopic (exact) mass is 378 g/mol. The number of carbonyl (C=O) groups excluding carboxylic acids is 1. The fourth-order valence-corrected chi connectivity index (χ4v) is 4.42. The summed E-state index contributed by atoms with van der Waals surface area (Å²) in [7, 11) is 2.20. The number of rotatable bonds is 3. The molecule has 4 rings (SSSR count). The molecule has 0 saturated carbocycles. The molecule has 2 fully saturated rings. The Kier molecular flexibility index (Phi) is 5.74. The first-order chi connectivity index (χ1) is 13.6.